The van der Waals surface area contributed by atoms with Crippen LogP contribution in [0.5, 0.6) is 0 Å². The van der Waals surface area contributed by atoms with Gasteiger partial charge in [-0.2, -0.15) is 4.89 Å². The van der Waals surface area contributed by atoms with Crippen molar-refractivity contribution in [2.45, 2.75) is 19.0 Å². The zero-order valence-corrected chi connectivity index (χ0v) is 16.4. The Kier molecular flexibility index (Phi) is 6.19. The second kappa shape index (κ2) is 8.79. The van der Waals surface area contributed by atoms with Gasteiger partial charge in [-0.25, -0.2) is 0 Å². The summed E-state index contributed by atoms with van der Waals surface area (Å²) < 4.78 is 11.4. The molecule has 0 aliphatic carbocycles. The molecule has 3 rings (SSSR count). The molecular formula is C22H22N2O3P+. The van der Waals surface area contributed by atoms with Crippen molar-refractivity contribution in [3.63, 3.8) is 0 Å². The molecule has 2 atom stereocenters. The SMILES string of the molecule is CCC(c1ccc(C(=O)Nc2cc(-c3ccccc3)ccc2N)cc1)[P+](=O)O. The molecule has 4 N–H and O–H groups in total. The van der Waals surface area contributed by atoms with Crippen LogP contribution < -0.4 is 11.1 Å². The summed E-state index contributed by atoms with van der Waals surface area (Å²) in [5.74, 6) is -0.287. The number of amides is 1. The zero-order chi connectivity index (χ0) is 20.1. The van der Waals surface area contributed by atoms with E-state index in [-0.39, 0.29) is 5.91 Å². The van der Waals surface area contributed by atoms with Crippen LogP contribution in [0.15, 0.2) is 72.8 Å². The molecule has 5 nitrogen and oxygen atoms in total. The van der Waals surface area contributed by atoms with Crippen LogP contribution in [0.1, 0.15) is 34.9 Å². The van der Waals surface area contributed by atoms with Crippen molar-refractivity contribution in [2.75, 3.05) is 11.1 Å². The van der Waals surface area contributed by atoms with Gasteiger partial charge in [-0.3, -0.25) is 4.79 Å². The molecule has 0 fully saturated rings. The number of carbonyl (C=O) groups is 1. The Morgan fingerprint density at radius 1 is 1.04 bits per heavy atom. The summed E-state index contributed by atoms with van der Waals surface area (Å²) >= 11 is 0. The molecule has 0 aliphatic rings. The highest BCUT2D eigenvalue weighted by molar-refractivity contribution is 7.38. The summed E-state index contributed by atoms with van der Waals surface area (Å²) in [6, 6.07) is 22.1. The maximum Gasteiger partial charge on any atom is 0.513 e. The second-order valence-electron chi connectivity index (χ2n) is 6.47. The Morgan fingerprint density at radius 3 is 2.32 bits per heavy atom. The minimum Gasteiger partial charge on any atom is -0.397 e. The van der Waals surface area contributed by atoms with Crippen LogP contribution in [-0.2, 0) is 4.57 Å². The number of hydrogen-bond acceptors (Lipinski definition) is 3. The van der Waals surface area contributed by atoms with Crippen molar-refractivity contribution in [3.05, 3.63) is 83.9 Å². The minimum atomic E-state index is -2.30. The average Bonchev–Trinajstić information content (AvgIpc) is 2.71. The summed E-state index contributed by atoms with van der Waals surface area (Å²) in [7, 11) is -2.30. The van der Waals surface area contributed by atoms with E-state index in [1.165, 1.54) is 0 Å². The normalized spacial score (nSPS) is 12.3. The summed E-state index contributed by atoms with van der Waals surface area (Å²) in [5.41, 5.74) is 9.82. The molecule has 3 aromatic rings. The number of hydrogen-bond donors (Lipinski definition) is 3. The highest BCUT2D eigenvalue weighted by atomic mass is 31.1. The van der Waals surface area contributed by atoms with E-state index in [0.29, 0.717) is 23.4 Å². The molecule has 28 heavy (non-hydrogen) atoms. The van der Waals surface area contributed by atoms with Crippen LogP contribution in [0.3, 0.4) is 0 Å². The van der Waals surface area contributed by atoms with Crippen LogP contribution in [0, 0.1) is 0 Å². The summed E-state index contributed by atoms with van der Waals surface area (Å²) in [4.78, 5) is 22.0. The predicted molar refractivity (Wildman–Crippen MR) is 114 cm³/mol. The molecule has 3 aromatic carbocycles. The first-order valence-electron chi connectivity index (χ1n) is 9.01. The van der Waals surface area contributed by atoms with Crippen LogP contribution >= 0.6 is 8.03 Å². The third-order valence-electron chi connectivity index (χ3n) is 4.62. The standard InChI is InChI=1S/C22H21N2O3P/c1-2-21(28(26)27)16-8-10-17(11-9-16)22(25)24-20-14-18(12-13-19(20)23)15-6-4-3-5-7-15/h3-14,21H,2,23H2,1H3,(H-,24,25,26,27)/p+1. The van der Waals surface area contributed by atoms with Gasteiger partial charge in [-0.1, -0.05) is 55.5 Å². The number of rotatable bonds is 6. The van der Waals surface area contributed by atoms with Gasteiger partial charge in [-0.05, 0) is 46.4 Å². The third kappa shape index (κ3) is 4.45. The van der Waals surface area contributed by atoms with Gasteiger partial charge < -0.3 is 11.1 Å². The number of nitrogens with one attached hydrogen (secondary N) is 1. The molecule has 0 spiro atoms. The van der Waals surface area contributed by atoms with Crippen molar-refractivity contribution in [2.24, 2.45) is 0 Å². The fraction of sp³-hybridized carbons (Fsp3) is 0.136. The van der Waals surface area contributed by atoms with Crippen LogP contribution in [-0.4, -0.2) is 10.8 Å². The van der Waals surface area contributed by atoms with Crippen molar-refractivity contribution >= 4 is 25.3 Å². The lowest BCUT2D eigenvalue weighted by atomic mass is 10.0. The maximum atomic E-state index is 12.6. The van der Waals surface area contributed by atoms with Gasteiger partial charge in [0.25, 0.3) is 5.91 Å². The number of nitrogens with two attached hydrogens (primary N) is 1. The number of benzene rings is 3. The number of nitrogen functional groups attached to an aromatic ring is 1. The quantitative estimate of drug-likeness (QED) is 0.388. The van der Waals surface area contributed by atoms with E-state index < -0.39 is 13.7 Å². The van der Waals surface area contributed by atoms with Crippen molar-refractivity contribution in [1.82, 2.24) is 0 Å². The summed E-state index contributed by atoms with van der Waals surface area (Å²) in [5, 5.41) is 2.85. The molecule has 1 amide bonds. The van der Waals surface area contributed by atoms with E-state index in [1.54, 1.807) is 30.3 Å². The first-order valence-corrected chi connectivity index (χ1v) is 10.3. The zero-order valence-electron chi connectivity index (χ0n) is 15.5. The van der Waals surface area contributed by atoms with Crippen LogP contribution in [0.25, 0.3) is 11.1 Å². The summed E-state index contributed by atoms with van der Waals surface area (Å²) in [6.07, 6.45) is 0.556. The fourth-order valence-electron chi connectivity index (χ4n) is 3.05. The molecule has 2 unspecified atom stereocenters. The van der Waals surface area contributed by atoms with Gasteiger partial charge in [-0.15, -0.1) is 0 Å². The molecule has 0 saturated carbocycles. The molecule has 0 bridgehead atoms. The Morgan fingerprint density at radius 2 is 1.71 bits per heavy atom. The first kappa shape index (κ1) is 19.7. The molecule has 6 heteroatoms. The van der Waals surface area contributed by atoms with E-state index in [9.17, 15) is 14.3 Å². The largest absolute Gasteiger partial charge is 0.513 e. The highest BCUT2D eigenvalue weighted by Gasteiger charge is 2.28. The van der Waals surface area contributed by atoms with Crippen molar-refractivity contribution < 1.29 is 14.3 Å². The second-order valence-corrected chi connectivity index (χ2v) is 7.70. The molecule has 0 saturated heterocycles. The van der Waals surface area contributed by atoms with E-state index in [2.05, 4.69) is 5.32 Å². The Bertz CT molecular complexity index is 988. The lowest BCUT2D eigenvalue weighted by molar-refractivity contribution is 0.102. The first-order chi connectivity index (χ1) is 13.5. The maximum absolute atomic E-state index is 12.6. The van der Waals surface area contributed by atoms with Gasteiger partial charge >= 0.3 is 8.03 Å². The van der Waals surface area contributed by atoms with Gasteiger partial charge in [0, 0.05) is 11.1 Å². The monoisotopic (exact) mass is 393 g/mol. The summed E-state index contributed by atoms with van der Waals surface area (Å²) in [6.45, 7) is 1.86. The Labute approximate surface area is 165 Å². The molecule has 142 valence electrons. The molecule has 0 radical (unpaired) electrons. The smallest absolute Gasteiger partial charge is 0.397 e. The average molecular weight is 393 g/mol. The van der Waals surface area contributed by atoms with E-state index in [1.807, 2.05) is 49.4 Å². The third-order valence-corrected chi connectivity index (χ3v) is 5.82. The topological polar surface area (TPSA) is 92.4 Å². The molecule has 0 heterocycles. The van der Waals surface area contributed by atoms with Gasteiger partial charge in [0.1, 0.15) is 0 Å². The fourth-order valence-corrected chi connectivity index (χ4v) is 3.78. The van der Waals surface area contributed by atoms with Gasteiger partial charge in [0.2, 0.25) is 5.66 Å². The van der Waals surface area contributed by atoms with E-state index in [0.717, 1.165) is 16.7 Å². The van der Waals surface area contributed by atoms with Crippen LogP contribution in [0.2, 0.25) is 0 Å². The van der Waals surface area contributed by atoms with E-state index >= 15 is 0 Å². The van der Waals surface area contributed by atoms with Crippen molar-refractivity contribution in [1.29, 1.82) is 0 Å². The number of carbonyl (C=O) groups excluding carboxylic acids is 1. The van der Waals surface area contributed by atoms with Crippen LogP contribution in [0.4, 0.5) is 11.4 Å². The number of anilines is 2. The Hall–Kier alpha value is -3.01. The highest BCUT2D eigenvalue weighted by Crippen LogP contribution is 2.40. The molecule has 0 aromatic heterocycles. The van der Waals surface area contributed by atoms with Gasteiger partial charge in [0.05, 0.1) is 11.4 Å². The Balaban J connectivity index is 1.80. The minimum absolute atomic E-state index is 0.287. The lowest BCUT2D eigenvalue weighted by Gasteiger charge is -2.11. The van der Waals surface area contributed by atoms with Crippen molar-refractivity contribution in [3.8, 4) is 11.1 Å². The predicted octanol–water partition coefficient (Wildman–Crippen LogP) is 5.37. The van der Waals surface area contributed by atoms with Gasteiger partial charge in [0.15, 0.2) is 0 Å². The van der Waals surface area contributed by atoms with E-state index in [4.69, 9.17) is 5.73 Å². The lowest BCUT2D eigenvalue weighted by Crippen LogP contribution is -2.13. The molecular weight excluding hydrogens is 371 g/mol. The molecule has 0 aliphatic heterocycles.